The van der Waals surface area contributed by atoms with Crippen LogP contribution in [0.25, 0.3) is 0 Å². The minimum atomic E-state index is -0.494. The van der Waals surface area contributed by atoms with Crippen LogP contribution < -0.4 is 5.73 Å². The minimum absolute atomic E-state index is 0.0244. The van der Waals surface area contributed by atoms with E-state index in [9.17, 15) is 5.11 Å². The quantitative estimate of drug-likeness (QED) is 0.730. The maximum absolute atomic E-state index is 9.21. The van der Waals surface area contributed by atoms with Gasteiger partial charge in [-0.25, -0.2) is 0 Å². The summed E-state index contributed by atoms with van der Waals surface area (Å²) in [7, 11) is 1.61. The Kier molecular flexibility index (Phi) is 3.69. The van der Waals surface area contributed by atoms with Crippen LogP contribution in [0.2, 0.25) is 0 Å². The van der Waals surface area contributed by atoms with Crippen molar-refractivity contribution in [2.24, 2.45) is 5.73 Å². The molecule has 80 valence electrons. The van der Waals surface area contributed by atoms with Crippen LogP contribution in [0.4, 0.5) is 0 Å². The molecule has 14 heavy (non-hydrogen) atoms. The molecule has 1 atom stereocenters. The fourth-order valence-corrected chi connectivity index (χ4v) is 1.17. The monoisotopic (exact) mass is 199 g/mol. The summed E-state index contributed by atoms with van der Waals surface area (Å²) in [6, 6.07) is 3.67. The van der Waals surface area contributed by atoms with Gasteiger partial charge in [-0.15, -0.1) is 0 Å². The number of hydrogen-bond acceptors (Lipinski definition) is 4. The van der Waals surface area contributed by atoms with Crippen molar-refractivity contribution in [1.29, 1.82) is 0 Å². The van der Waals surface area contributed by atoms with Gasteiger partial charge in [0.2, 0.25) is 0 Å². The zero-order chi connectivity index (χ0) is 10.6. The summed E-state index contributed by atoms with van der Waals surface area (Å²) in [5.41, 5.74) is 5.09. The van der Waals surface area contributed by atoms with E-state index in [1.807, 2.05) is 19.1 Å². The zero-order valence-electron chi connectivity index (χ0n) is 8.62. The summed E-state index contributed by atoms with van der Waals surface area (Å²) >= 11 is 0. The molecule has 0 saturated carbocycles. The molecule has 4 heteroatoms. The number of hydrogen-bond donors (Lipinski definition) is 2. The maximum Gasteiger partial charge on any atom is 0.129 e. The highest BCUT2D eigenvalue weighted by Crippen LogP contribution is 2.24. The Morgan fingerprint density at radius 3 is 2.79 bits per heavy atom. The van der Waals surface area contributed by atoms with E-state index < -0.39 is 5.41 Å². The van der Waals surface area contributed by atoms with Crippen molar-refractivity contribution in [1.82, 2.24) is 0 Å². The van der Waals surface area contributed by atoms with Crippen molar-refractivity contribution in [3.8, 4) is 0 Å². The van der Waals surface area contributed by atoms with E-state index in [1.54, 1.807) is 7.11 Å². The molecule has 0 radical (unpaired) electrons. The Morgan fingerprint density at radius 1 is 1.57 bits per heavy atom. The minimum Gasteiger partial charge on any atom is -0.463 e. The van der Waals surface area contributed by atoms with Gasteiger partial charge in [0.1, 0.15) is 18.1 Å². The topological polar surface area (TPSA) is 68.6 Å². The molecule has 0 bridgehead atoms. The van der Waals surface area contributed by atoms with E-state index in [2.05, 4.69) is 0 Å². The smallest absolute Gasteiger partial charge is 0.129 e. The van der Waals surface area contributed by atoms with Crippen LogP contribution in [0, 0.1) is 0 Å². The van der Waals surface area contributed by atoms with E-state index in [1.165, 1.54) is 0 Å². The third-order valence-electron chi connectivity index (χ3n) is 2.34. The number of nitrogens with two attached hydrogens (primary N) is 1. The van der Waals surface area contributed by atoms with Gasteiger partial charge in [0.15, 0.2) is 0 Å². The van der Waals surface area contributed by atoms with Gasteiger partial charge < -0.3 is 20.0 Å². The predicted molar refractivity (Wildman–Crippen MR) is 52.9 cm³/mol. The zero-order valence-corrected chi connectivity index (χ0v) is 8.62. The van der Waals surface area contributed by atoms with Gasteiger partial charge in [0.05, 0.1) is 12.0 Å². The molecule has 4 nitrogen and oxygen atoms in total. The molecule has 3 N–H and O–H groups in total. The number of ether oxygens (including phenoxy) is 1. The van der Waals surface area contributed by atoms with E-state index >= 15 is 0 Å². The van der Waals surface area contributed by atoms with Crippen molar-refractivity contribution in [2.45, 2.75) is 18.9 Å². The van der Waals surface area contributed by atoms with Crippen molar-refractivity contribution in [2.75, 3.05) is 20.3 Å². The molecule has 1 rings (SSSR count). The number of furan rings is 1. The Balaban J connectivity index is 2.84. The van der Waals surface area contributed by atoms with Crippen molar-refractivity contribution in [3.05, 3.63) is 23.7 Å². The van der Waals surface area contributed by atoms with Gasteiger partial charge in [0.25, 0.3) is 0 Å². The molecular formula is C10H17NO3. The molecule has 0 amide bonds. The standard InChI is InChI=1S/C10H17NO3/c1-10(6-11,7-12)9-4-3-8(14-9)5-13-2/h3-4,12H,5-7,11H2,1-2H3. The number of rotatable bonds is 5. The van der Waals surface area contributed by atoms with Crippen LogP contribution in [0.15, 0.2) is 16.5 Å². The molecule has 0 fully saturated rings. The Labute approximate surface area is 83.7 Å². The lowest BCUT2D eigenvalue weighted by molar-refractivity contribution is 0.150. The molecule has 0 aliphatic carbocycles. The van der Waals surface area contributed by atoms with Gasteiger partial charge in [-0.1, -0.05) is 0 Å². The molecule has 0 saturated heterocycles. The lowest BCUT2D eigenvalue weighted by atomic mass is 9.89. The summed E-state index contributed by atoms with van der Waals surface area (Å²) in [6.45, 7) is 2.63. The van der Waals surface area contributed by atoms with E-state index in [4.69, 9.17) is 14.9 Å². The van der Waals surface area contributed by atoms with E-state index in [-0.39, 0.29) is 6.61 Å². The molecule has 0 spiro atoms. The third-order valence-corrected chi connectivity index (χ3v) is 2.34. The molecule has 1 unspecified atom stereocenters. The highest BCUT2D eigenvalue weighted by molar-refractivity contribution is 5.16. The van der Waals surface area contributed by atoms with Crippen LogP contribution >= 0.6 is 0 Å². The van der Waals surface area contributed by atoms with Crippen LogP contribution in [0.3, 0.4) is 0 Å². The summed E-state index contributed by atoms with van der Waals surface area (Å²) in [6.07, 6.45) is 0. The fourth-order valence-electron chi connectivity index (χ4n) is 1.17. The first-order chi connectivity index (χ1) is 6.66. The fraction of sp³-hybridized carbons (Fsp3) is 0.600. The second kappa shape index (κ2) is 4.59. The third kappa shape index (κ3) is 2.15. The van der Waals surface area contributed by atoms with E-state index in [0.717, 1.165) is 5.76 Å². The number of aliphatic hydroxyl groups is 1. The largest absolute Gasteiger partial charge is 0.463 e. The summed E-state index contributed by atoms with van der Waals surface area (Å²) in [5, 5.41) is 9.21. The van der Waals surface area contributed by atoms with Crippen molar-refractivity contribution < 1.29 is 14.3 Å². The average Bonchev–Trinajstić information content (AvgIpc) is 2.66. The highest BCUT2D eigenvalue weighted by atomic mass is 16.5. The molecule has 0 aliphatic rings. The first-order valence-electron chi connectivity index (χ1n) is 4.55. The molecule has 1 aromatic rings. The van der Waals surface area contributed by atoms with Crippen molar-refractivity contribution >= 4 is 0 Å². The van der Waals surface area contributed by atoms with Gasteiger partial charge in [-0.05, 0) is 19.1 Å². The Bertz CT molecular complexity index is 279. The molecule has 1 heterocycles. The lowest BCUT2D eigenvalue weighted by Gasteiger charge is -2.22. The maximum atomic E-state index is 9.21. The molecule has 0 aromatic carbocycles. The Morgan fingerprint density at radius 2 is 2.29 bits per heavy atom. The normalized spacial score (nSPS) is 15.4. The first-order valence-corrected chi connectivity index (χ1v) is 4.55. The first kappa shape index (κ1) is 11.2. The van der Waals surface area contributed by atoms with Gasteiger partial charge in [-0.2, -0.15) is 0 Å². The predicted octanol–water partition coefficient (Wildman–Crippen LogP) is 0.635. The van der Waals surface area contributed by atoms with Crippen LogP contribution in [-0.4, -0.2) is 25.4 Å². The average molecular weight is 199 g/mol. The van der Waals surface area contributed by atoms with Crippen LogP contribution in [0.1, 0.15) is 18.4 Å². The molecular weight excluding hydrogens is 182 g/mol. The Hall–Kier alpha value is -0.840. The van der Waals surface area contributed by atoms with Crippen molar-refractivity contribution in [3.63, 3.8) is 0 Å². The molecule has 0 aliphatic heterocycles. The molecule has 1 aromatic heterocycles. The van der Waals surface area contributed by atoms with Gasteiger partial charge in [0, 0.05) is 13.7 Å². The number of aliphatic hydroxyl groups excluding tert-OH is 1. The second-order valence-electron chi connectivity index (χ2n) is 3.62. The SMILES string of the molecule is COCc1ccc(C(C)(CN)CO)o1. The van der Waals surface area contributed by atoms with E-state index in [0.29, 0.717) is 18.9 Å². The second-order valence-corrected chi connectivity index (χ2v) is 3.62. The number of methoxy groups -OCH3 is 1. The van der Waals surface area contributed by atoms with Gasteiger partial charge >= 0.3 is 0 Å². The lowest BCUT2D eigenvalue weighted by Crippen LogP contribution is -2.35. The highest BCUT2D eigenvalue weighted by Gasteiger charge is 2.27. The van der Waals surface area contributed by atoms with Crippen LogP contribution in [-0.2, 0) is 16.8 Å². The summed E-state index contributed by atoms with van der Waals surface area (Å²) in [5.74, 6) is 1.45. The van der Waals surface area contributed by atoms with Crippen LogP contribution in [0.5, 0.6) is 0 Å². The van der Waals surface area contributed by atoms with Gasteiger partial charge in [-0.3, -0.25) is 0 Å². The summed E-state index contributed by atoms with van der Waals surface area (Å²) < 4.78 is 10.4. The summed E-state index contributed by atoms with van der Waals surface area (Å²) in [4.78, 5) is 0.